The van der Waals surface area contributed by atoms with Crippen molar-refractivity contribution in [2.75, 3.05) is 18.9 Å². The molecule has 0 aliphatic rings. The third-order valence-electron chi connectivity index (χ3n) is 5.40. The molecule has 2 aromatic carbocycles. The lowest BCUT2D eigenvalue weighted by atomic mass is 9.86. The Kier molecular flexibility index (Phi) is 7.53. The maximum absolute atomic E-state index is 14.4. The van der Waals surface area contributed by atoms with Crippen LogP contribution in [0.4, 0.5) is 10.1 Å². The molecule has 182 valence electrons. The first kappa shape index (κ1) is 25.1. The lowest BCUT2D eigenvalue weighted by Gasteiger charge is -2.30. The predicted molar refractivity (Wildman–Crippen MR) is 126 cm³/mol. The molecule has 0 bridgehead atoms. The van der Waals surface area contributed by atoms with Gasteiger partial charge in [-0.2, -0.15) is 5.10 Å². The van der Waals surface area contributed by atoms with Crippen LogP contribution in [0.1, 0.15) is 36.8 Å². The van der Waals surface area contributed by atoms with Gasteiger partial charge in [0.1, 0.15) is 11.9 Å². The van der Waals surface area contributed by atoms with Gasteiger partial charge in [0.15, 0.2) is 5.69 Å². The van der Waals surface area contributed by atoms with Gasteiger partial charge in [0.2, 0.25) is 5.91 Å². The molecule has 6 N–H and O–H groups in total. The van der Waals surface area contributed by atoms with Crippen LogP contribution in [0.3, 0.4) is 0 Å². The monoisotopic (exact) mass is 471 g/mol. The number of hydrogen-bond acceptors (Lipinski definition) is 6. The first-order valence-corrected chi connectivity index (χ1v) is 10.9. The van der Waals surface area contributed by atoms with Crippen LogP contribution < -0.4 is 16.4 Å². The molecule has 0 aliphatic heterocycles. The Balaban J connectivity index is 1.90. The number of hydrogen-bond donors (Lipinski definition) is 5. The zero-order chi connectivity index (χ0) is 25.0. The number of aliphatic hydroxyl groups is 2. The summed E-state index contributed by atoms with van der Waals surface area (Å²) in [5.74, 6) is -1.54. The molecule has 2 unspecified atom stereocenters. The van der Waals surface area contributed by atoms with Gasteiger partial charge in [0.25, 0.3) is 5.91 Å². The van der Waals surface area contributed by atoms with Gasteiger partial charge in [-0.25, -0.2) is 4.39 Å². The van der Waals surface area contributed by atoms with E-state index < -0.39 is 41.8 Å². The third-order valence-corrected chi connectivity index (χ3v) is 5.40. The molecule has 1 aromatic heterocycles. The highest BCUT2D eigenvalue weighted by molar-refractivity contribution is 6.06. The summed E-state index contributed by atoms with van der Waals surface area (Å²) < 4.78 is 15.9. The molecule has 2 amide bonds. The number of rotatable bonds is 8. The SMILES string of the molecule is CC(C)(C)C(NC(=O)c1nn(Cc2ccc(N)cc2F)c2ccccc12)C(=O)NCC(O)CO. The molecule has 0 aliphatic carbocycles. The van der Waals surface area contributed by atoms with Gasteiger partial charge < -0.3 is 26.6 Å². The molecule has 34 heavy (non-hydrogen) atoms. The number of carbonyl (C=O) groups excluding carboxylic acids is 2. The third kappa shape index (κ3) is 5.70. The van der Waals surface area contributed by atoms with Crippen LogP contribution in [0.2, 0.25) is 0 Å². The summed E-state index contributed by atoms with van der Waals surface area (Å²) in [4.78, 5) is 26.0. The standard InChI is InChI=1S/C24H30FN5O4/c1-24(2,3)21(23(34)27-11-16(32)13-31)28-22(33)20-17-6-4-5-7-19(17)30(29-20)12-14-8-9-15(26)10-18(14)25/h4-10,16,21,31-32H,11-13,26H2,1-3H3,(H,27,34)(H,28,33). The highest BCUT2D eigenvalue weighted by Gasteiger charge is 2.34. The molecule has 0 fully saturated rings. The number of benzene rings is 2. The molecule has 9 nitrogen and oxygen atoms in total. The maximum atomic E-state index is 14.4. The van der Waals surface area contributed by atoms with Gasteiger partial charge in [-0.05, 0) is 23.6 Å². The van der Waals surface area contributed by atoms with Crippen LogP contribution in [-0.2, 0) is 11.3 Å². The van der Waals surface area contributed by atoms with E-state index in [1.165, 1.54) is 10.7 Å². The Morgan fingerprint density at radius 1 is 1.21 bits per heavy atom. The van der Waals surface area contributed by atoms with Crippen molar-refractivity contribution in [3.05, 3.63) is 59.5 Å². The number of aromatic nitrogens is 2. The van der Waals surface area contributed by atoms with Crippen LogP contribution in [-0.4, -0.2) is 57.1 Å². The Bertz CT molecular complexity index is 1190. The summed E-state index contributed by atoms with van der Waals surface area (Å²) in [6.07, 6.45) is -1.10. The van der Waals surface area contributed by atoms with Crippen LogP contribution >= 0.6 is 0 Å². The first-order valence-electron chi connectivity index (χ1n) is 10.9. The van der Waals surface area contributed by atoms with E-state index in [-0.39, 0.29) is 18.8 Å². The second-order valence-corrected chi connectivity index (χ2v) is 9.23. The second kappa shape index (κ2) is 10.2. The summed E-state index contributed by atoms with van der Waals surface area (Å²) in [5, 5.41) is 28.8. The average Bonchev–Trinajstić information content (AvgIpc) is 3.15. The number of carbonyl (C=O) groups is 2. The van der Waals surface area contributed by atoms with Gasteiger partial charge in [0, 0.05) is 23.2 Å². The average molecular weight is 472 g/mol. The fourth-order valence-electron chi connectivity index (χ4n) is 3.53. The second-order valence-electron chi connectivity index (χ2n) is 9.23. The number of nitrogens with one attached hydrogen (secondary N) is 2. The summed E-state index contributed by atoms with van der Waals surface area (Å²) in [5.41, 5.74) is 6.38. The Labute approximate surface area is 196 Å². The van der Waals surface area contributed by atoms with Gasteiger partial charge in [-0.1, -0.05) is 45.0 Å². The number of nitrogens with two attached hydrogens (primary N) is 1. The van der Waals surface area contributed by atoms with Crippen LogP contribution in [0.5, 0.6) is 0 Å². The Morgan fingerprint density at radius 2 is 1.91 bits per heavy atom. The van der Waals surface area contributed by atoms with Gasteiger partial charge in [-0.15, -0.1) is 0 Å². The summed E-state index contributed by atoms with van der Waals surface area (Å²) in [6, 6.07) is 10.5. The smallest absolute Gasteiger partial charge is 0.273 e. The van der Waals surface area contributed by atoms with Crippen molar-refractivity contribution in [2.45, 2.75) is 39.5 Å². The van der Waals surface area contributed by atoms with Crippen molar-refractivity contribution in [1.29, 1.82) is 0 Å². The lowest BCUT2D eigenvalue weighted by Crippen LogP contribution is -2.54. The highest BCUT2D eigenvalue weighted by atomic mass is 19.1. The highest BCUT2D eigenvalue weighted by Crippen LogP contribution is 2.23. The molecule has 3 aromatic rings. The quantitative estimate of drug-likeness (QED) is 0.315. The van der Waals surface area contributed by atoms with Crippen molar-refractivity contribution in [1.82, 2.24) is 20.4 Å². The van der Waals surface area contributed by atoms with Crippen LogP contribution in [0, 0.1) is 11.2 Å². The molecule has 10 heteroatoms. The van der Waals surface area contributed by atoms with Gasteiger partial charge in [0.05, 0.1) is 24.8 Å². The Hall–Kier alpha value is -3.50. The Morgan fingerprint density at radius 3 is 2.56 bits per heavy atom. The predicted octanol–water partition coefficient (Wildman–Crippen LogP) is 1.42. The fraction of sp³-hybridized carbons (Fsp3) is 0.375. The van der Waals surface area contributed by atoms with Crippen LogP contribution in [0.15, 0.2) is 42.5 Å². The number of anilines is 1. The van der Waals surface area contributed by atoms with Crippen molar-refractivity contribution >= 4 is 28.4 Å². The number of nitrogens with zero attached hydrogens (tertiary/aromatic N) is 2. The number of amides is 2. The topological polar surface area (TPSA) is 142 Å². The zero-order valence-corrected chi connectivity index (χ0v) is 19.4. The van der Waals surface area contributed by atoms with E-state index in [0.29, 0.717) is 22.2 Å². The van der Waals surface area contributed by atoms with E-state index in [2.05, 4.69) is 15.7 Å². The van der Waals surface area contributed by atoms with Gasteiger partial charge >= 0.3 is 0 Å². The van der Waals surface area contributed by atoms with E-state index in [4.69, 9.17) is 10.8 Å². The van der Waals surface area contributed by atoms with Crippen LogP contribution in [0.25, 0.3) is 10.9 Å². The molecule has 0 radical (unpaired) electrons. The van der Waals surface area contributed by atoms with E-state index >= 15 is 0 Å². The van der Waals surface area contributed by atoms with E-state index in [9.17, 15) is 19.1 Å². The number of nitrogen functional groups attached to an aromatic ring is 1. The number of halogens is 1. The van der Waals surface area contributed by atoms with E-state index in [0.717, 1.165) is 0 Å². The number of aliphatic hydroxyl groups excluding tert-OH is 2. The normalized spacial score (nSPS) is 13.5. The number of para-hydroxylation sites is 1. The molecule has 0 spiro atoms. The largest absolute Gasteiger partial charge is 0.399 e. The molecular weight excluding hydrogens is 441 g/mol. The van der Waals surface area contributed by atoms with Crippen molar-refractivity contribution in [2.24, 2.45) is 5.41 Å². The van der Waals surface area contributed by atoms with Crippen molar-refractivity contribution < 1.29 is 24.2 Å². The van der Waals surface area contributed by atoms with Crippen molar-refractivity contribution in [3.63, 3.8) is 0 Å². The summed E-state index contributed by atoms with van der Waals surface area (Å²) in [6.45, 7) is 4.82. The molecule has 2 atom stereocenters. The summed E-state index contributed by atoms with van der Waals surface area (Å²) >= 11 is 0. The minimum atomic E-state index is -1.10. The fourth-order valence-corrected chi connectivity index (χ4v) is 3.53. The molecular formula is C24H30FN5O4. The van der Waals surface area contributed by atoms with Crippen molar-refractivity contribution in [3.8, 4) is 0 Å². The van der Waals surface area contributed by atoms with Gasteiger partial charge in [-0.3, -0.25) is 14.3 Å². The minimum absolute atomic E-state index is 0.0855. The minimum Gasteiger partial charge on any atom is -0.399 e. The molecule has 0 saturated heterocycles. The zero-order valence-electron chi connectivity index (χ0n) is 19.4. The maximum Gasteiger partial charge on any atom is 0.273 e. The molecule has 3 rings (SSSR count). The molecule has 1 heterocycles. The summed E-state index contributed by atoms with van der Waals surface area (Å²) in [7, 11) is 0. The number of fused-ring (bicyclic) bond motifs is 1. The molecule has 0 saturated carbocycles. The van der Waals surface area contributed by atoms with E-state index in [1.807, 2.05) is 0 Å². The van der Waals surface area contributed by atoms with E-state index in [1.54, 1.807) is 57.2 Å². The lowest BCUT2D eigenvalue weighted by molar-refractivity contribution is -0.125. The first-order chi connectivity index (χ1) is 16.0.